The van der Waals surface area contributed by atoms with E-state index in [1.54, 1.807) is 0 Å². The van der Waals surface area contributed by atoms with Crippen molar-refractivity contribution in [2.24, 2.45) is 5.41 Å². The van der Waals surface area contributed by atoms with Crippen LogP contribution in [0.3, 0.4) is 0 Å². The molecule has 1 fully saturated rings. The van der Waals surface area contributed by atoms with E-state index in [1.165, 1.54) is 0 Å². The molecule has 0 amide bonds. The Morgan fingerprint density at radius 1 is 1.38 bits per heavy atom. The third-order valence-corrected chi connectivity index (χ3v) is 3.15. The van der Waals surface area contributed by atoms with Crippen LogP contribution in [0, 0.1) is 5.41 Å². The lowest BCUT2D eigenvalue weighted by Gasteiger charge is -2.40. The van der Waals surface area contributed by atoms with Gasteiger partial charge in [-0.05, 0) is 39.3 Å². The zero-order valence-corrected chi connectivity index (χ0v) is 8.68. The maximum Gasteiger partial charge on any atom is 0.160 e. The Bertz CT molecular complexity index is 144. The number of hydrogen-bond donors (Lipinski definition) is 2. The number of ether oxygens (including phenoxy) is 1. The van der Waals surface area contributed by atoms with Gasteiger partial charge in [0.2, 0.25) is 0 Å². The third-order valence-electron chi connectivity index (χ3n) is 3.15. The summed E-state index contributed by atoms with van der Waals surface area (Å²) in [6.45, 7) is 6.65. The van der Waals surface area contributed by atoms with Crippen LogP contribution in [0.25, 0.3) is 0 Å². The molecular formula is C10H21NO2. The molecule has 13 heavy (non-hydrogen) atoms. The number of aliphatic hydroxyl groups excluding tert-OH is 1. The first-order valence-electron chi connectivity index (χ1n) is 5.25. The van der Waals surface area contributed by atoms with Crippen LogP contribution in [-0.2, 0) is 4.74 Å². The van der Waals surface area contributed by atoms with E-state index < -0.39 is 6.29 Å². The minimum atomic E-state index is -0.579. The van der Waals surface area contributed by atoms with Gasteiger partial charge >= 0.3 is 0 Å². The first-order chi connectivity index (χ1) is 6.25. The lowest BCUT2D eigenvalue weighted by atomic mass is 9.76. The first kappa shape index (κ1) is 11.0. The van der Waals surface area contributed by atoms with Gasteiger partial charge in [-0.2, -0.15) is 0 Å². The summed E-state index contributed by atoms with van der Waals surface area (Å²) in [5, 5.41) is 13.2. The van der Waals surface area contributed by atoms with E-state index in [2.05, 4.69) is 12.2 Å². The Labute approximate surface area is 80.5 Å². The second-order valence-electron chi connectivity index (χ2n) is 3.77. The Morgan fingerprint density at radius 2 is 2.00 bits per heavy atom. The van der Waals surface area contributed by atoms with Gasteiger partial charge in [-0.15, -0.1) is 0 Å². The molecule has 1 saturated heterocycles. The van der Waals surface area contributed by atoms with Crippen LogP contribution >= 0.6 is 0 Å². The summed E-state index contributed by atoms with van der Waals surface area (Å²) in [7, 11) is 0. The smallest absolute Gasteiger partial charge is 0.160 e. The highest BCUT2D eigenvalue weighted by molar-refractivity contribution is 4.85. The average Bonchev–Trinajstić information content (AvgIpc) is 2.19. The average molecular weight is 187 g/mol. The van der Waals surface area contributed by atoms with E-state index in [4.69, 9.17) is 4.74 Å². The minimum absolute atomic E-state index is 0.00125. The fourth-order valence-corrected chi connectivity index (χ4v) is 2.03. The monoisotopic (exact) mass is 187 g/mol. The molecule has 3 nitrogen and oxygen atoms in total. The van der Waals surface area contributed by atoms with Gasteiger partial charge in [0.25, 0.3) is 0 Å². The van der Waals surface area contributed by atoms with Gasteiger partial charge in [-0.1, -0.05) is 6.92 Å². The zero-order chi connectivity index (χ0) is 9.73. The number of hydrogen-bond acceptors (Lipinski definition) is 3. The van der Waals surface area contributed by atoms with E-state index >= 15 is 0 Å². The number of piperidine rings is 1. The molecular weight excluding hydrogens is 166 g/mol. The van der Waals surface area contributed by atoms with Gasteiger partial charge < -0.3 is 15.2 Å². The molecule has 0 bridgehead atoms. The molecule has 1 aliphatic heterocycles. The first-order valence-corrected chi connectivity index (χ1v) is 5.25. The van der Waals surface area contributed by atoms with Crippen LogP contribution < -0.4 is 5.32 Å². The summed E-state index contributed by atoms with van der Waals surface area (Å²) in [6, 6.07) is 0. The Morgan fingerprint density at radius 3 is 2.46 bits per heavy atom. The summed E-state index contributed by atoms with van der Waals surface area (Å²) < 4.78 is 5.30. The van der Waals surface area contributed by atoms with Crippen LogP contribution in [0.15, 0.2) is 0 Å². The Hall–Kier alpha value is -0.120. The Kier molecular flexibility index (Phi) is 4.16. The lowest BCUT2D eigenvalue weighted by Crippen LogP contribution is -2.45. The fraction of sp³-hybridized carbons (Fsp3) is 1.00. The van der Waals surface area contributed by atoms with Crippen LogP contribution in [0.4, 0.5) is 0 Å². The Balaban J connectivity index is 2.55. The molecule has 0 aromatic rings. The summed E-state index contributed by atoms with van der Waals surface area (Å²) >= 11 is 0. The molecule has 0 aromatic carbocycles. The largest absolute Gasteiger partial charge is 0.367 e. The lowest BCUT2D eigenvalue weighted by molar-refractivity contribution is -0.182. The fourth-order valence-electron chi connectivity index (χ4n) is 2.03. The molecule has 0 aromatic heterocycles. The van der Waals surface area contributed by atoms with Crippen molar-refractivity contribution in [2.45, 2.75) is 39.4 Å². The molecule has 1 aliphatic rings. The SMILES string of the molecule is CCO[C@@H](O)C1(CC)CCNCC1. The van der Waals surface area contributed by atoms with Crippen LogP contribution in [0.5, 0.6) is 0 Å². The number of aliphatic hydroxyl groups is 1. The van der Waals surface area contributed by atoms with Crippen LogP contribution in [0.1, 0.15) is 33.1 Å². The quantitative estimate of drug-likeness (QED) is 0.648. The molecule has 0 radical (unpaired) electrons. The summed E-state index contributed by atoms with van der Waals surface area (Å²) in [5.74, 6) is 0. The second kappa shape index (κ2) is 4.94. The van der Waals surface area contributed by atoms with Gasteiger partial charge in [0.1, 0.15) is 0 Å². The molecule has 0 spiro atoms. The maximum atomic E-state index is 9.87. The van der Waals surface area contributed by atoms with E-state index in [-0.39, 0.29) is 5.41 Å². The van der Waals surface area contributed by atoms with E-state index in [0.29, 0.717) is 6.61 Å². The maximum absolute atomic E-state index is 9.87. The number of nitrogens with one attached hydrogen (secondary N) is 1. The van der Waals surface area contributed by atoms with E-state index in [1.807, 2.05) is 6.92 Å². The predicted molar refractivity (Wildman–Crippen MR) is 52.5 cm³/mol. The van der Waals surface area contributed by atoms with Crippen molar-refractivity contribution in [1.29, 1.82) is 0 Å². The van der Waals surface area contributed by atoms with Crippen molar-refractivity contribution >= 4 is 0 Å². The van der Waals surface area contributed by atoms with Gasteiger partial charge in [0.05, 0.1) is 0 Å². The van der Waals surface area contributed by atoms with Crippen molar-refractivity contribution in [3.05, 3.63) is 0 Å². The highest BCUT2D eigenvalue weighted by Crippen LogP contribution is 2.36. The van der Waals surface area contributed by atoms with Gasteiger partial charge in [0.15, 0.2) is 6.29 Å². The minimum Gasteiger partial charge on any atom is -0.367 e. The van der Waals surface area contributed by atoms with Crippen molar-refractivity contribution in [3.63, 3.8) is 0 Å². The summed E-state index contributed by atoms with van der Waals surface area (Å²) in [5.41, 5.74) is 0.00125. The molecule has 0 unspecified atom stereocenters. The second-order valence-corrected chi connectivity index (χ2v) is 3.77. The molecule has 0 saturated carbocycles. The van der Waals surface area contributed by atoms with E-state index in [9.17, 15) is 5.11 Å². The van der Waals surface area contributed by atoms with Crippen molar-refractivity contribution < 1.29 is 9.84 Å². The van der Waals surface area contributed by atoms with E-state index in [0.717, 1.165) is 32.4 Å². The summed E-state index contributed by atoms with van der Waals surface area (Å²) in [6.07, 6.45) is 2.45. The van der Waals surface area contributed by atoms with Crippen molar-refractivity contribution in [1.82, 2.24) is 5.32 Å². The van der Waals surface area contributed by atoms with Crippen molar-refractivity contribution in [2.75, 3.05) is 19.7 Å². The molecule has 1 heterocycles. The standard InChI is InChI=1S/C10H21NO2/c1-3-10(9(12)13-4-2)5-7-11-8-6-10/h9,11-12H,3-8H2,1-2H3/t9-/m1/s1. The molecule has 3 heteroatoms. The zero-order valence-electron chi connectivity index (χ0n) is 8.68. The summed E-state index contributed by atoms with van der Waals surface area (Å²) in [4.78, 5) is 0. The van der Waals surface area contributed by atoms with Crippen molar-refractivity contribution in [3.8, 4) is 0 Å². The normalized spacial score (nSPS) is 24.2. The van der Waals surface area contributed by atoms with Gasteiger partial charge in [0, 0.05) is 12.0 Å². The predicted octanol–water partition coefficient (Wildman–Crippen LogP) is 1.12. The van der Waals surface area contributed by atoms with Gasteiger partial charge in [-0.3, -0.25) is 0 Å². The third kappa shape index (κ3) is 2.42. The molecule has 78 valence electrons. The molecule has 1 rings (SSSR count). The highest BCUT2D eigenvalue weighted by Gasteiger charge is 2.37. The topological polar surface area (TPSA) is 41.5 Å². The van der Waals surface area contributed by atoms with Gasteiger partial charge in [-0.25, -0.2) is 0 Å². The molecule has 2 N–H and O–H groups in total. The van der Waals surface area contributed by atoms with Crippen LogP contribution in [0.2, 0.25) is 0 Å². The number of rotatable bonds is 4. The van der Waals surface area contributed by atoms with Crippen LogP contribution in [-0.4, -0.2) is 31.1 Å². The molecule has 0 aliphatic carbocycles. The highest BCUT2D eigenvalue weighted by atomic mass is 16.6. The molecule has 1 atom stereocenters.